The normalized spacial score (nSPS) is 14.1. The van der Waals surface area contributed by atoms with Gasteiger partial charge in [0.2, 0.25) is 0 Å². The van der Waals surface area contributed by atoms with Gasteiger partial charge in [-0.1, -0.05) is 146 Å². The fourth-order valence-corrected chi connectivity index (χ4v) is 8.00. The van der Waals surface area contributed by atoms with E-state index in [2.05, 4.69) is 199 Å². The van der Waals surface area contributed by atoms with E-state index in [4.69, 9.17) is 4.42 Å². The number of hydrogen-bond donors (Lipinski definition) is 2. The second-order valence-electron chi connectivity index (χ2n) is 14.3. The van der Waals surface area contributed by atoms with Crippen LogP contribution in [0.1, 0.15) is 17.5 Å². The van der Waals surface area contributed by atoms with Crippen molar-refractivity contribution in [3.05, 3.63) is 211 Å². The number of para-hydroxylation sites is 2. The minimum Gasteiger partial charge on any atom is -0.456 e. The zero-order valence-corrected chi connectivity index (χ0v) is 30.2. The van der Waals surface area contributed by atoms with Crippen LogP contribution in [0.4, 0.5) is 17.1 Å². The van der Waals surface area contributed by atoms with E-state index in [1.54, 1.807) is 0 Å². The molecule has 0 fully saturated rings. The number of fused-ring (bicyclic) bond motifs is 4. The van der Waals surface area contributed by atoms with Crippen LogP contribution in [0.3, 0.4) is 0 Å². The summed E-state index contributed by atoms with van der Waals surface area (Å²) < 4.78 is 6.29. The smallest absolute Gasteiger partial charge is 0.136 e. The number of nitrogens with one attached hydrogen (secondary N) is 2. The monoisotopic (exact) mass is 706 g/mol. The quantitative estimate of drug-likeness (QED) is 0.165. The Hall–Kier alpha value is -7.10. The number of furan rings is 1. The lowest BCUT2D eigenvalue weighted by Gasteiger charge is -2.25. The highest BCUT2D eigenvalue weighted by molar-refractivity contribution is 6.06. The largest absolute Gasteiger partial charge is 0.456 e. The van der Waals surface area contributed by atoms with Gasteiger partial charge < -0.3 is 15.1 Å². The molecule has 1 heterocycles. The topological polar surface area (TPSA) is 37.2 Å². The Balaban J connectivity index is 1.10. The third-order valence-electron chi connectivity index (χ3n) is 10.7. The molecule has 0 saturated heterocycles. The molecule has 0 bridgehead atoms. The van der Waals surface area contributed by atoms with E-state index in [9.17, 15) is 0 Å². The Morgan fingerprint density at radius 3 is 2.02 bits per heavy atom. The zero-order chi connectivity index (χ0) is 36.6. The van der Waals surface area contributed by atoms with Crippen LogP contribution in [0.5, 0.6) is 0 Å². The maximum atomic E-state index is 6.29. The van der Waals surface area contributed by atoms with E-state index in [0.717, 1.165) is 67.7 Å². The highest BCUT2D eigenvalue weighted by Crippen LogP contribution is 2.40. The standard InChI is InChI=1S/C52H38N2O/c1-3-13-35(14-4-1)41-30-42(32-44(31-41)53-43-19-5-2-6-20-43)38-26-28-50(54-49-23-12-16-36-15-7-8-21-45(36)49)48(33-38)40-18-11-17-37(29-40)39-25-27-47-46-22-9-10-24-51(46)55-52(47)34-39/h1-30,32-34,44,53-54H,31H2. The average molecular weight is 707 g/mol. The van der Waals surface area contributed by atoms with Crippen LogP contribution in [-0.2, 0) is 0 Å². The number of benzene rings is 8. The predicted octanol–water partition coefficient (Wildman–Crippen LogP) is 14.2. The summed E-state index contributed by atoms with van der Waals surface area (Å²) >= 11 is 0. The number of anilines is 3. The lowest BCUT2D eigenvalue weighted by Crippen LogP contribution is -2.20. The van der Waals surface area contributed by atoms with Crippen LogP contribution in [0, 0.1) is 0 Å². The Bertz CT molecular complexity index is 2900. The van der Waals surface area contributed by atoms with Gasteiger partial charge in [-0.3, -0.25) is 0 Å². The van der Waals surface area contributed by atoms with Crippen molar-refractivity contribution in [1.29, 1.82) is 0 Å². The van der Waals surface area contributed by atoms with Crippen LogP contribution in [0.2, 0.25) is 0 Å². The zero-order valence-electron chi connectivity index (χ0n) is 30.2. The summed E-state index contributed by atoms with van der Waals surface area (Å²) in [5.41, 5.74) is 14.5. The third-order valence-corrected chi connectivity index (χ3v) is 10.7. The van der Waals surface area contributed by atoms with Gasteiger partial charge >= 0.3 is 0 Å². The van der Waals surface area contributed by atoms with Gasteiger partial charge in [-0.15, -0.1) is 0 Å². The van der Waals surface area contributed by atoms with Crippen molar-refractivity contribution in [2.24, 2.45) is 0 Å². The lowest BCUT2D eigenvalue weighted by atomic mass is 9.86. The molecule has 3 nitrogen and oxygen atoms in total. The lowest BCUT2D eigenvalue weighted by molar-refractivity contribution is 0.669. The first kappa shape index (κ1) is 32.5. The van der Waals surface area contributed by atoms with Gasteiger partial charge in [-0.25, -0.2) is 0 Å². The first-order valence-corrected chi connectivity index (χ1v) is 18.9. The van der Waals surface area contributed by atoms with Gasteiger partial charge in [0, 0.05) is 44.8 Å². The molecular weight excluding hydrogens is 669 g/mol. The summed E-state index contributed by atoms with van der Waals surface area (Å²) in [7, 11) is 0. The van der Waals surface area contributed by atoms with Crippen molar-refractivity contribution in [2.45, 2.75) is 12.5 Å². The summed E-state index contributed by atoms with van der Waals surface area (Å²) in [6.45, 7) is 0. The molecule has 1 atom stereocenters. The minimum absolute atomic E-state index is 0.131. The van der Waals surface area contributed by atoms with Gasteiger partial charge in [0.1, 0.15) is 11.2 Å². The highest BCUT2D eigenvalue weighted by atomic mass is 16.3. The van der Waals surface area contributed by atoms with Gasteiger partial charge in [-0.05, 0) is 105 Å². The summed E-state index contributed by atoms with van der Waals surface area (Å²) in [4.78, 5) is 0. The molecule has 0 spiro atoms. The molecule has 3 heteroatoms. The van der Waals surface area contributed by atoms with Gasteiger partial charge in [0.25, 0.3) is 0 Å². The van der Waals surface area contributed by atoms with E-state index >= 15 is 0 Å². The van der Waals surface area contributed by atoms with Crippen molar-refractivity contribution in [3.63, 3.8) is 0 Å². The first-order chi connectivity index (χ1) is 27.2. The summed E-state index contributed by atoms with van der Waals surface area (Å²) in [6.07, 6.45) is 5.65. The minimum atomic E-state index is 0.131. The van der Waals surface area contributed by atoms with Gasteiger partial charge in [-0.2, -0.15) is 0 Å². The molecule has 1 aliphatic carbocycles. The molecule has 262 valence electrons. The molecule has 2 N–H and O–H groups in total. The molecule has 1 aliphatic rings. The fraction of sp³-hybridized carbons (Fsp3) is 0.0385. The molecule has 9 aromatic rings. The molecule has 0 saturated carbocycles. The summed E-state index contributed by atoms with van der Waals surface area (Å²) in [5, 5.41) is 12.3. The van der Waals surface area contributed by atoms with E-state index in [-0.39, 0.29) is 6.04 Å². The van der Waals surface area contributed by atoms with Crippen LogP contribution < -0.4 is 10.6 Å². The van der Waals surface area contributed by atoms with E-state index in [0.29, 0.717) is 0 Å². The fourth-order valence-electron chi connectivity index (χ4n) is 8.00. The molecule has 1 aromatic heterocycles. The van der Waals surface area contributed by atoms with Crippen molar-refractivity contribution < 1.29 is 4.42 Å². The van der Waals surface area contributed by atoms with Crippen molar-refractivity contribution in [1.82, 2.24) is 0 Å². The second kappa shape index (κ2) is 14.0. The SMILES string of the molecule is C1=C(c2ccc(Nc3cccc4ccccc34)c(-c3cccc(-c4ccc5c(c4)oc4ccccc45)c3)c2)C=C(c2ccccc2)CC1Nc1ccccc1. The molecule has 1 unspecified atom stereocenters. The van der Waals surface area contributed by atoms with Gasteiger partial charge in [0.15, 0.2) is 0 Å². The van der Waals surface area contributed by atoms with Crippen molar-refractivity contribution in [2.75, 3.05) is 10.6 Å². The Morgan fingerprint density at radius 2 is 1.13 bits per heavy atom. The molecule has 0 amide bonds. The first-order valence-electron chi connectivity index (χ1n) is 18.9. The molecule has 8 aromatic carbocycles. The van der Waals surface area contributed by atoms with E-state index in [1.807, 2.05) is 12.1 Å². The van der Waals surface area contributed by atoms with E-state index in [1.165, 1.54) is 33.0 Å². The third kappa shape index (κ3) is 6.47. The number of rotatable bonds is 8. The van der Waals surface area contributed by atoms with Gasteiger partial charge in [0.05, 0.1) is 0 Å². The van der Waals surface area contributed by atoms with Crippen LogP contribution >= 0.6 is 0 Å². The Kier molecular flexibility index (Phi) is 8.31. The average Bonchev–Trinajstić information content (AvgIpc) is 3.63. The maximum absolute atomic E-state index is 6.29. The van der Waals surface area contributed by atoms with Crippen LogP contribution in [0.25, 0.3) is 66.1 Å². The molecule has 0 radical (unpaired) electrons. The second-order valence-corrected chi connectivity index (χ2v) is 14.3. The maximum Gasteiger partial charge on any atom is 0.136 e. The molecule has 0 aliphatic heterocycles. The summed E-state index contributed by atoms with van der Waals surface area (Å²) in [5.74, 6) is 0. The predicted molar refractivity (Wildman–Crippen MR) is 233 cm³/mol. The van der Waals surface area contributed by atoms with Crippen LogP contribution in [-0.4, -0.2) is 6.04 Å². The number of hydrogen-bond acceptors (Lipinski definition) is 3. The van der Waals surface area contributed by atoms with E-state index < -0.39 is 0 Å². The Morgan fingerprint density at radius 1 is 0.455 bits per heavy atom. The molecular formula is C52H38N2O. The Labute approximate surface area is 320 Å². The molecule has 10 rings (SSSR count). The van der Waals surface area contributed by atoms with Crippen LogP contribution in [0.15, 0.2) is 205 Å². The van der Waals surface area contributed by atoms with Crippen molar-refractivity contribution >= 4 is 60.9 Å². The molecule has 55 heavy (non-hydrogen) atoms. The number of allylic oxidation sites excluding steroid dienone is 2. The van der Waals surface area contributed by atoms with Crippen molar-refractivity contribution in [3.8, 4) is 22.3 Å². The summed E-state index contributed by atoms with van der Waals surface area (Å²) in [6, 6.07) is 66.9. The highest BCUT2D eigenvalue weighted by Gasteiger charge is 2.19.